The van der Waals surface area contributed by atoms with Gasteiger partial charge in [0.2, 0.25) is 13.9 Å². The van der Waals surface area contributed by atoms with Crippen LogP contribution in [0.1, 0.15) is 24.8 Å². The zero-order chi connectivity index (χ0) is 25.1. The van der Waals surface area contributed by atoms with Crippen molar-refractivity contribution < 1.29 is 18.0 Å². The number of carbonyl (C=O) groups excluding carboxylic acids is 2. The van der Waals surface area contributed by atoms with E-state index in [0.29, 0.717) is 37.0 Å². The van der Waals surface area contributed by atoms with Crippen LogP contribution in [0, 0.1) is 0 Å². The Morgan fingerprint density at radius 2 is 1.74 bits per heavy atom. The highest BCUT2D eigenvalue weighted by molar-refractivity contribution is 7.88. The quantitative estimate of drug-likeness (QED) is 0.193. The normalized spacial score (nSPS) is 12.1. The Bertz CT molecular complexity index is 1240. The minimum absolute atomic E-state index is 0.133. The summed E-state index contributed by atoms with van der Waals surface area (Å²) in [4.78, 5) is 30.0. The molecule has 1 aromatic heterocycles. The molecule has 12 heteroatoms. The van der Waals surface area contributed by atoms with Gasteiger partial charge in [-0.2, -0.15) is 8.42 Å². The van der Waals surface area contributed by atoms with E-state index in [1.807, 2.05) is 54.6 Å². The minimum Gasteiger partial charge on any atom is -0.334 e. The molecule has 182 valence electrons. The number of aromatic nitrogens is 1. The van der Waals surface area contributed by atoms with Crippen molar-refractivity contribution in [1.29, 1.82) is 0 Å². The summed E-state index contributed by atoms with van der Waals surface area (Å²) in [5.41, 5.74) is 2.09. The molecule has 10 nitrogen and oxygen atoms in total. The molecule has 0 aliphatic carbocycles. The van der Waals surface area contributed by atoms with Gasteiger partial charge >= 0.3 is 6.03 Å². The Hall–Kier alpha value is -3.48. The van der Waals surface area contributed by atoms with Crippen LogP contribution >= 0.6 is 0 Å². The fourth-order valence-corrected chi connectivity index (χ4v) is 3.90. The Morgan fingerprint density at radius 3 is 2.51 bits per heavy atom. The van der Waals surface area contributed by atoms with Crippen molar-refractivity contribution in [1.82, 2.24) is 25.0 Å². The lowest BCUT2D eigenvalue weighted by Crippen LogP contribution is -2.47. The summed E-state index contributed by atoms with van der Waals surface area (Å²) >= 11 is 0. The molecule has 2 aromatic carbocycles. The van der Waals surface area contributed by atoms with E-state index in [2.05, 4.69) is 25.7 Å². The zero-order valence-electron chi connectivity index (χ0n) is 19.0. The smallest absolute Gasteiger partial charge is 0.315 e. The predicted octanol–water partition coefficient (Wildman–Crippen LogP) is 1.72. The minimum atomic E-state index is -3.74. The third-order valence-electron chi connectivity index (χ3n) is 5.18. The van der Waals surface area contributed by atoms with Gasteiger partial charge in [0.05, 0.1) is 11.2 Å². The van der Waals surface area contributed by atoms with Crippen LogP contribution in [0.4, 0.5) is 10.5 Å². The highest BCUT2D eigenvalue weighted by Gasteiger charge is 2.21. The van der Waals surface area contributed by atoms with Crippen molar-refractivity contribution in [3.63, 3.8) is 0 Å². The molecule has 0 saturated carbocycles. The van der Waals surface area contributed by atoms with Gasteiger partial charge in [-0.25, -0.2) is 9.52 Å². The highest BCUT2D eigenvalue weighted by atomic mass is 32.2. The second-order valence-corrected chi connectivity index (χ2v) is 9.28. The number of fused-ring (bicyclic) bond motifs is 1. The van der Waals surface area contributed by atoms with Gasteiger partial charge in [-0.05, 0) is 37.0 Å². The third-order valence-corrected chi connectivity index (χ3v) is 6.07. The van der Waals surface area contributed by atoms with Crippen molar-refractivity contribution >= 4 is 46.7 Å². The first-order valence-electron chi connectivity index (χ1n) is 11.1. The van der Waals surface area contributed by atoms with Crippen molar-refractivity contribution in [2.45, 2.75) is 31.8 Å². The largest absolute Gasteiger partial charge is 0.334 e. The maximum absolute atomic E-state index is 13.1. The van der Waals surface area contributed by atoms with E-state index in [-0.39, 0.29) is 6.54 Å². The van der Waals surface area contributed by atoms with Crippen molar-refractivity contribution in [2.24, 2.45) is 0 Å². The molecule has 0 bridgehead atoms. The first kappa shape index (κ1) is 26.1. The standard InChI is InChI=1S/C23H27BN6O4S/c24-30-35(33,34)27-15-5-4-12-20(29-23(32)26-16-17-8-2-1-3-9-17)22(31)28-19-13-6-10-18-11-7-14-25-21(18)19/h1-3,6-11,13-14,20,27,30H,4-5,12,15-16H2,(H,28,31)(H2,26,29,32). The molecule has 3 aromatic rings. The molecule has 35 heavy (non-hydrogen) atoms. The number of benzene rings is 2. The molecule has 0 aliphatic heterocycles. The monoisotopic (exact) mass is 494 g/mol. The number of nitrogens with zero attached hydrogens (tertiary/aromatic N) is 1. The second kappa shape index (κ2) is 12.8. The number of hydrogen-bond donors (Lipinski definition) is 5. The molecular formula is C23H27BN6O4S. The summed E-state index contributed by atoms with van der Waals surface area (Å²) < 4.78 is 26.7. The number of hydrogen-bond acceptors (Lipinski definition) is 5. The van der Waals surface area contributed by atoms with Gasteiger partial charge in [0.25, 0.3) is 10.2 Å². The van der Waals surface area contributed by atoms with Crippen LogP contribution in [0.2, 0.25) is 0 Å². The van der Waals surface area contributed by atoms with E-state index < -0.39 is 28.2 Å². The number of amides is 3. The second-order valence-electron chi connectivity index (χ2n) is 7.75. The fraction of sp³-hybridized carbons (Fsp3) is 0.261. The van der Waals surface area contributed by atoms with Crippen LogP contribution in [-0.2, 0) is 21.5 Å². The van der Waals surface area contributed by atoms with Crippen LogP contribution in [0.25, 0.3) is 10.9 Å². The van der Waals surface area contributed by atoms with E-state index in [9.17, 15) is 18.0 Å². The molecule has 1 atom stereocenters. The van der Waals surface area contributed by atoms with Gasteiger partial charge in [0, 0.05) is 24.7 Å². The number of para-hydroxylation sites is 1. The lowest BCUT2D eigenvalue weighted by molar-refractivity contribution is -0.118. The van der Waals surface area contributed by atoms with Gasteiger partial charge in [0.15, 0.2) is 0 Å². The molecule has 0 aliphatic rings. The Labute approximate surface area is 205 Å². The maximum Gasteiger partial charge on any atom is 0.315 e. The average Bonchev–Trinajstić information content (AvgIpc) is 2.87. The number of unbranched alkanes of at least 4 members (excludes halogenated alkanes) is 1. The molecule has 0 spiro atoms. The van der Waals surface area contributed by atoms with Gasteiger partial charge < -0.3 is 16.0 Å². The van der Waals surface area contributed by atoms with Crippen LogP contribution in [-0.4, -0.2) is 45.9 Å². The molecule has 0 fully saturated rings. The van der Waals surface area contributed by atoms with E-state index in [1.165, 1.54) is 0 Å². The SMILES string of the molecule is [B]NS(=O)(=O)NCCCCC(NC(=O)NCc1ccccc1)C(=O)Nc1cccc2cccnc12. The molecule has 0 saturated heterocycles. The summed E-state index contributed by atoms with van der Waals surface area (Å²) in [6.45, 7) is 0.441. The number of anilines is 1. The molecular weight excluding hydrogens is 467 g/mol. The molecule has 1 heterocycles. The molecule has 3 amide bonds. The van der Waals surface area contributed by atoms with Gasteiger partial charge in [-0.3, -0.25) is 14.4 Å². The predicted molar refractivity (Wildman–Crippen MR) is 136 cm³/mol. The lowest BCUT2D eigenvalue weighted by atomic mass is 10.1. The summed E-state index contributed by atoms with van der Waals surface area (Å²) in [7, 11) is 1.20. The van der Waals surface area contributed by atoms with Crippen LogP contribution in [0.15, 0.2) is 66.9 Å². The average molecular weight is 494 g/mol. The number of carbonyl (C=O) groups is 2. The van der Waals surface area contributed by atoms with E-state index in [0.717, 1.165) is 10.9 Å². The Kier molecular flexibility index (Phi) is 9.59. The Balaban J connectivity index is 1.63. The van der Waals surface area contributed by atoms with Crippen molar-refractivity contribution in [3.8, 4) is 0 Å². The maximum atomic E-state index is 13.1. The highest BCUT2D eigenvalue weighted by Crippen LogP contribution is 2.21. The molecule has 3 rings (SSSR count). The number of urea groups is 1. The third kappa shape index (κ3) is 8.35. The van der Waals surface area contributed by atoms with Gasteiger partial charge in [-0.15, -0.1) is 0 Å². The fourth-order valence-electron chi connectivity index (χ4n) is 3.40. The summed E-state index contributed by atoms with van der Waals surface area (Å²) in [5.74, 6) is -0.401. The number of rotatable bonds is 12. The number of nitrogens with one attached hydrogen (secondary N) is 5. The topological polar surface area (TPSA) is 141 Å². The van der Waals surface area contributed by atoms with Crippen LogP contribution in [0.3, 0.4) is 0 Å². The lowest BCUT2D eigenvalue weighted by Gasteiger charge is -2.19. The first-order chi connectivity index (χ1) is 16.9. The summed E-state index contributed by atoms with van der Waals surface area (Å²) in [6.07, 6.45) is 2.84. The molecule has 1 unspecified atom stereocenters. The first-order valence-corrected chi connectivity index (χ1v) is 12.6. The summed E-state index contributed by atoms with van der Waals surface area (Å²) in [6, 6.07) is 17.2. The van der Waals surface area contributed by atoms with Crippen molar-refractivity contribution in [2.75, 3.05) is 11.9 Å². The summed E-state index contributed by atoms with van der Waals surface area (Å²) in [5, 5.41) is 9.20. The van der Waals surface area contributed by atoms with E-state index >= 15 is 0 Å². The number of pyridine rings is 1. The zero-order valence-corrected chi connectivity index (χ0v) is 19.8. The van der Waals surface area contributed by atoms with Crippen molar-refractivity contribution in [3.05, 3.63) is 72.4 Å². The van der Waals surface area contributed by atoms with E-state index in [4.69, 9.17) is 7.98 Å². The molecule has 5 N–H and O–H groups in total. The Morgan fingerprint density at radius 1 is 0.971 bits per heavy atom. The van der Waals surface area contributed by atoms with Crippen LogP contribution < -0.4 is 25.3 Å². The van der Waals surface area contributed by atoms with E-state index in [1.54, 1.807) is 16.9 Å². The van der Waals surface area contributed by atoms with Gasteiger partial charge in [0.1, 0.15) is 6.04 Å². The van der Waals surface area contributed by atoms with Gasteiger partial charge in [-0.1, -0.05) is 48.5 Å². The van der Waals surface area contributed by atoms with Crippen LogP contribution in [0.5, 0.6) is 0 Å². The molecule has 2 radical (unpaired) electrons.